The van der Waals surface area contributed by atoms with Crippen molar-refractivity contribution < 1.29 is 23.9 Å². The molecule has 6 rings (SSSR count). The highest BCUT2D eigenvalue weighted by Crippen LogP contribution is 2.48. The number of likely N-dealkylation sites (tertiary alicyclic amines) is 1. The molecule has 0 spiro atoms. The summed E-state index contributed by atoms with van der Waals surface area (Å²) in [4.78, 5) is 48.1. The standard InChI is InChI=1S/C35H46FN5O4S/c1-35(2,3)15-20-41-32(44)29(46-33(41)26-8-6-9-27(36)31(26)39-18-14-25(42)22-39)21-30(43)38-16-12-24(13-17-38)40-19-11-23-7-4-5-10-28(23)37-34(40)45/h4-10,24-25,29,33,42H,11-22H2,1-3H3,(H,37,45)/t25?,29-,33?/m0/s1. The number of carbonyl (C=O) groups excluding carboxylic acids is 3. The smallest absolute Gasteiger partial charge is 0.322 e. The zero-order chi connectivity index (χ0) is 32.6. The zero-order valence-electron chi connectivity index (χ0n) is 27.1. The molecule has 4 heterocycles. The van der Waals surface area contributed by atoms with Gasteiger partial charge in [0.15, 0.2) is 0 Å². The monoisotopic (exact) mass is 651 g/mol. The minimum Gasteiger partial charge on any atom is -0.391 e. The van der Waals surface area contributed by atoms with Crippen LogP contribution in [0, 0.1) is 11.2 Å². The van der Waals surface area contributed by atoms with E-state index in [0.717, 1.165) is 29.7 Å². The van der Waals surface area contributed by atoms with Gasteiger partial charge in [-0.15, -0.1) is 11.8 Å². The number of fused-ring (bicyclic) bond motifs is 1. The summed E-state index contributed by atoms with van der Waals surface area (Å²) in [5.74, 6) is -0.504. The maximum atomic E-state index is 15.4. The number of thioether (sulfide) groups is 1. The summed E-state index contributed by atoms with van der Waals surface area (Å²) in [6, 6.07) is 12.8. The number of hydrogen-bond donors (Lipinski definition) is 2. The number of para-hydroxylation sites is 2. The maximum Gasteiger partial charge on any atom is 0.322 e. The molecule has 2 aromatic carbocycles. The van der Waals surface area contributed by atoms with Crippen LogP contribution in [0.15, 0.2) is 42.5 Å². The Morgan fingerprint density at radius 1 is 1.02 bits per heavy atom. The van der Waals surface area contributed by atoms with Crippen LogP contribution in [0.1, 0.15) is 69.4 Å². The predicted octanol–water partition coefficient (Wildman–Crippen LogP) is 5.25. The van der Waals surface area contributed by atoms with Gasteiger partial charge >= 0.3 is 6.03 Å². The van der Waals surface area contributed by atoms with Crippen molar-refractivity contribution >= 4 is 41.0 Å². The Balaban J connectivity index is 1.13. The number of carbonyl (C=O) groups is 3. The fourth-order valence-electron chi connectivity index (χ4n) is 7.11. The topological polar surface area (TPSA) is 96.4 Å². The fraction of sp³-hybridized carbons (Fsp3) is 0.571. The average molecular weight is 652 g/mol. The molecule has 4 aliphatic heterocycles. The first-order valence-electron chi connectivity index (χ1n) is 16.6. The number of urea groups is 1. The summed E-state index contributed by atoms with van der Waals surface area (Å²) in [6.07, 6.45) is 3.08. The number of nitrogens with zero attached hydrogens (tertiary/aromatic N) is 4. The second-order valence-corrected chi connectivity index (χ2v) is 15.5. The maximum absolute atomic E-state index is 15.4. The molecule has 0 aromatic heterocycles. The van der Waals surface area contributed by atoms with Gasteiger partial charge in [-0.25, -0.2) is 9.18 Å². The molecular formula is C35H46FN5O4S. The molecule has 0 saturated carbocycles. The van der Waals surface area contributed by atoms with Crippen LogP contribution < -0.4 is 10.2 Å². The third kappa shape index (κ3) is 7.00. The van der Waals surface area contributed by atoms with Crippen LogP contribution in [-0.2, 0) is 16.0 Å². The lowest BCUT2D eigenvalue weighted by Crippen LogP contribution is -2.50. The Morgan fingerprint density at radius 2 is 1.78 bits per heavy atom. The highest BCUT2D eigenvalue weighted by Gasteiger charge is 2.44. The van der Waals surface area contributed by atoms with Crippen LogP contribution in [0.3, 0.4) is 0 Å². The van der Waals surface area contributed by atoms with E-state index < -0.39 is 16.7 Å². The third-order valence-corrected chi connectivity index (χ3v) is 11.2. The van der Waals surface area contributed by atoms with Crippen molar-refractivity contribution in [2.24, 2.45) is 5.41 Å². The molecular weight excluding hydrogens is 605 g/mol. The molecule has 11 heteroatoms. The van der Waals surface area contributed by atoms with Crippen LogP contribution in [0.25, 0.3) is 0 Å². The van der Waals surface area contributed by atoms with E-state index in [4.69, 9.17) is 0 Å². The number of amides is 4. The summed E-state index contributed by atoms with van der Waals surface area (Å²) in [5.41, 5.74) is 3.14. The predicted molar refractivity (Wildman–Crippen MR) is 179 cm³/mol. The third-order valence-electron chi connectivity index (χ3n) is 9.76. The van der Waals surface area contributed by atoms with Gasteiger partial charge in [-0.05, 0) is 55.2 Å². The first-order valence-corrected chi connectivity index (χ1v) is 17.5. The number of rotatable bonds is 7. The molecule has 46 heavy (non-hydrogen) atoms. The van der Waals surface area contributed by atoms with Crippen molar-refractivity contribution in [3.8, 4) is 0 Å². The quantitative estimate of drug-likeness (QED) is 0.425. The van der Waals surface area contributed by atoms with Gasteiger partial charge in [0.2, 0.25) is 11.8 Å². The molecule has 0 bridgehead atoms. The summed E-state index contributed by atoms with van der Waals surface area (Å²) in [6.45, 7) is 9.52. The van der Waals surface area contributed by atoms with Gasteiger partial charge < -0.3 is 30.0 Å². The molecule has 248 valence electrons. The Labute approximate surface area is 275 Å². The van der Waals surface area contributed by atoms with Crippen molar-refractivity contribution in [2.45, 2.75) is 82.1 Å². The number of aliphatic hydroxyl groups is 1. The number of aliphatic hydroxyl groups excluding tert-OH is 1. The molecule has 9 nitrogen and oxygen atoms in total. The van der Waals surface area contributed by atoms with E-state index in [-0.39, 0.29) is 41.5 Å². The number of piperidine rings is 1. The van der Waals surface area contributed by atoms with Crippen LogP contribution in [0.5, 0.6) is 0 Å². The van der Waals surface area contributed by atoms with Crippen molar-refractivity contribution in [1.29, 1.82) is 0 Å². The van der Waals surface area contributed by atoms with Gasteiger partial charge in [0.05, 0.1) is 17.0 Å². The largest absolute Gasteiger partial charge is 0.391 e. The molecule has 2 N–H and O–H groups in total. The van der Waals surface area contributed by atoms with E-state index >= 15 is 4.39 Å². The van der Waals surface area contributed by atoms with Gasteiger partial charge in [-0.3, -0.25) is 9.59 Å². The number of β-amino-alcohol motifs (C(OH)–C–C–N with tert-alkyl or cyclic N) is 1. The lowest BCUT2D eigenvalue weighted by molar-refractivity contribution is -0.137. The molecule has 3 fully saturated rings. The fourth-order valence-corrected chi connectivity index (χ4v) is 8.61. The number of halogens is 1. The second kappa shape index (κ2) is 13.4. The van der Waals surface area contributed by atoms with Crippen molar-refractivity contribution in [3.05, 3.63) is 59.4 Å². The van der Waals surface area contributed by atoms with Crippen molar-refractivity contribution in [1.82, 2.24) is 14.7 Å². The molecule has 4 amide bonds. The molecule has 2 unspecified atom stereocenters. The number of nitrogens with one attached hydrogen (secondary N) is 1. The summed E-state index contributed by atoms with van der Waals surface area (Å²) in [5, 5.41) is 12.3. The van der Waals surface area contributed by atoms with Crippen LogP contribution in [-0.4, -0.2) is 94.3 Å². The number of benzene rings is 2. The Hall–Kier alpha value is -3.31. The molecule has 3 atom stereocenters. The highest BCUT2D eigenvalue weighted by atomic mass is 32.2. The Morgan fingerprint density at radius 3 is 2.50 bits per heavy atom. The average Bonchev–Trinajstić information content (AvgIpc) is 3.53. The van der Waals surface area contributed by atoms with E-state index in [1.165, 1.54) is 17.8 Å². The number of anilines is 2. The number of hydrogen-bond acceptors (Lipinski definition) is 6. The normalized spacial score (nSPS) is 24.3. The van der Waals surface area contributed by atoms with Crippen LogP contribution in [0.2, 0.25) is 0 Å². The van der Waals surface area contributed by atoms with Crippen LogP contribution in [0.4, 0.5) is 20.6 Å². The molecule has 4 aliphatic rings. The van der Waals surface area contributed by atoms with Gasteiger partial charge in [0, 0.05) is 63.0 Å². The van der Waals surface area contributed by atoms with Gasteiger partial charge in [-0.1, -0.05) is 51.1 Å². The van der Waals surface area contributed by atoms with E-state index in [9.17, 15) is 19.5 Å². The van der Waals surface area contributed by atoms with E-state index in [1.54, 1.807) is 6.07 Å². The van der Waals surface area contributed by atoms with E-state index in [1.807, 2.05) is 49.9 Å². The lowest BCUT2D eigenvalue weighted by Gasteiger charge is -2.38. The minimum absolute atomic E-state index is 0.00929. The zero-order valence-corrected chi connectivity index (χ0v) is 27.9. The van der Waals surface area contributed by atoms with E-state index in [2.05, 4.69) is 26.1 Å². The van der Waals surface area contributed by atoms with Gasteiger partial charge in [-0.2, -0.15) is 0 Å². The molecule has 3 saturated heterocycles. The Bertz CT molecular complexity index is 1460. The summed E-state index contributed by atoms with van der Waals surface area (Å²) in [7, 11) is 0. The van der Waals surface area contributed by atoms with E-state index in [0.29, 0.717) is 64.2 Å². The lowest BCUT2D eigenvalue weighted by atomic mass is 9.92. The van der Waals surface area contributed by atoms with Gasteiger partial charge in [0.1, 0.15) is 11.2 Å². The van der Waals surface area contributed by atoms with Crippen LogP contribution >= 0.6 is 11.8 Å². The summed E-state index contributed by atoms with van der Waals surface area (Å²) < 4.78 is 15.4. The SMILES string of the molecule is CC(C)(C)CCN1C(=O)[C@H](CC(=O)N2CCC(N3CCc4ccccc4NC3=O)CC2)SC1c1cccc(F)c1N1CCC(O)C1. The molecule has 0 aliphatic carbocycles. The first-order chi connectivity index (χ1) is 22.0. The first kappa shape index (κ1) is 32.6. The van der Waals surface area contributed by atoms with Gasteiger partial charge in [0.25, 0.3) is 0 Å². The minimum atomic E-state index is -0.564. The summed E-state index contributed by atoms with van der Waals surface area (Å²) >= 11 is 1.44. The Kier molecular flexibility index (Phi) is 9.53. The second-order valence-electron chi connectivity index (χ2n) is 14.2. The van der Waals surface area contributed by atoms with Crippen molar-refractivity contribution in [3.63, 3.8) is 0 Å². The molecule has 2 aromatic rings. The highest BCUT2D eigenvalue weighted by molar-refractivity contribution is 8.01. The van der Waals surface area contributed by atoms with Crippen molar-refractivity contribution in [2.75, 3.05) is 49.5 Å². The molecule has 0 radical (unpaired) electrons.